The Hall–Kier alpha value is -2.01. The minimum absolute atomic E-state index is 0.0829. The van der Waals surface area contributed by atoms with Crippen LogP contribution in [0.15, 0.2) is 35.1 Å². The summed E-state index contributed by atoms with van der Waals surface area (Å²) in [6.07, 6.45) is 0. The highest BCUT2D eigenvalue weighted by atomic mass is 32.1. The van der Waals surface area contributed by atoms with Crippen LogP contribution in [0.3, 0.4) is 0 Å². The van der Waals surface area contributed by atoms with Crippen molar-refractivity contribution < 1.29 is 4.39 Å². The van der Waals surface area contributed by atoms with Crippen LogP contribution in [0, 0.1) is 19.7 Å². The van der Waals surface area contributed by atoms with Crippen LogP contribution in [0.25, 0.3) is 0 Å². The van der Waals surface area contributed by atoms with Gasteiger partial charge in [0, 0.05) is 5.69 Å². The number of aryl methyl sites for hydroxylation is 2. The van der Waals surface area contributed by atoms with E-state index in [4.69, 9.17) is 18.0 Å². The molecule has 1 aromatic heterocycles. The third-order valence-corrected chi connectivity index (χ3v) is 3.51. The van der Waals surface area contributed by atoms with E-state index in [2.05, 4.69) is 0 Å². The maximum Gasteiger partial charge on any atom is 0.261 e. The molecule has 0 saturated carbocycles. The highest BCUT2D eigenvalue weighted by molar-refractivity contribution is 7.80. The SMILES string of the molecule is Cc1cc(F)ccc1Cn1c(C)ccc(C(N)=S)c1=O. The van der Waals surface area contributed by atoms with E-state index in [0.29, 0.717) is 12.1 Å². The van der Waals surface area contributed by atoms with Gasteiger partial charge in [-0.25, -0.2) is 4.39 Å². The first-order chi connectivity index (χ1) is 9.40. The van der Waals surface area contributed by atoms with E-state index < -0.39 is 0 Å². The van der Waals surface area contributed by atoms with E-state index in [1.807, 2.05) is 13.8 Å². The summed E-state index contributed by atoms with van der Waals surface area (Å²) in [6, 6.07) is 7.96. The molecule has 0 unspecified atom stereocenters. The fourth-order valence-electron chi connectivity index (χ4n) is 2.06. The van der Waals surface area contributed by atoms with Gasteiger partial charge in [-0.15, -0.1) is 0 Å². The third-order valence-electron chi connectivity index (χ3n) is 3.29. The molecule has 2 N–H and O–H groups in total. The van der Waals surface area contributed by atoms with Crippen molar-refractivity contribution >= 4 is 17.2 Å². The quantitative estimate of drug-likeness (QED) is 0.882. The molecule has 0 bridgehead atoms. The Labute approximate surface area is 121 Å². The zero-order chi connectivity index (χ0) is 14.9. The Morgan fingerprint density at radius 1 is 1.30 bits per heavy atom. The van der Waals surface area contributed by atoms with Gasteiger partial charge in [-0.2, -0.15) is 0 Å². The summed E-state index contributed by atoms with van der Waals surface area (Å²) in [6.45, 7) is 4.02. The molecular formula is C15H15FN2OS. The Morgan fingerprint density at radius 3 is 2.60 bits per heavy atom. The predicted octanol–water partition coefficient (Wildman–Crippen LogP) is 2.29. The van der Waals surface area contributed by atoms with Crippen LogP contribution >= 0.6 is 12.2 Å². The zero-order valence-electron chi connectivity index (χ0n) is 11.3. The van der Waals surface area contributed by atoms with Crippen LogP contribution in [0.4, 0.5) is 4.39 Å². The standard InChI is InChI=1S/C15H15FN2OS/c1-9-7-12(16)5-4-11(9)8-18-10(2)3-6-13(14(17)20)15(18)19/h3-7H,8H2,1-2H3,(H2,17,20). The highest BCUT2D eigenvalue weighted by Crippen LogP contribution is 2.12. The van der Waals surface area contributed by atoms with Crippen LogP contribution in [0.5, 0.6) is 0 Å². The number of nitrogens with zero attached hydrogens (tertiary/aromatic N) is 1. The van der Waals surface area contributed by atoms with Gasteiger partial charge in [0.2, 0.25) is 0 Å². The molecular weight excluding hydrogens is 275 g/mol. The van der Waals surface area contributed by atoms with Crippen molar-refractivity contribution in [2.24, 2.45) is 5.73 Å². The van der Waals surface area contributed by atoms with E-state index in [1.165, 1.54) is 12.1 Å². The maximum atomic E-state index is 13.1. The number of benzene rings is 1. The molecule has 0 spiro atoms. The average molecular weight is 290 g/mol. The molecule has 0 fully saturated rings. The summed E-state index contributed by atoms with van der Waals surface area (Å²) in [5.74, 6) is -0.285. The first-order valence-electron chi connectivity index (χ1n) is 6.15. The molecule has 2 rings (SSSR count). The first kappa shape index (κ1) is 14.4. The molecule has 1 heterocycles. The molecule has 5 heteroatoms. The topological polar surface area (TPSA) is 48.0 Å². The Balaban J connectivity index is 2.51. The highest BCUT2D eigenvalue weighted by Gasteiger charge is 2.10. The van der Waals surface area contributed by atoms with Crippen molar-refractivity contribution in [3.63, 3.8) is 0 Å². The summed E-state index contributed by atoms with van der Waals surface area (Å²) >= 11 is 4.87. The van der Waals surface area contributed by atoms with Crippen LogP contribution in [0.2, 0.25) is 0 Å². The zero-order valence-corrected chi connectivity index (χ0v) is 12.1. The van der Waals surface area contributed by atoms with E-state index in [9.17, 15) is 9.18 Å². The van der Waals surface area contributed by atoms with E-state index in [-0.39, 0.29) is 16.4 Å². The van der Waals surface area contributed by atoms with Gasteiger partial charge >= 0.3 is 0 Å². The lowest BCUT2D eigenvalue weighted by Gasteiger charge is -2.13. The normalized spacial score (nSPS) is 10.6. The lowest BCUT2D eigenvalue weighted by molar-refractivity contribution is 0.624. The fraction of sp³-hybridized carbons (Fsp3) is 0.200. The molecule has 2 aromatic rings. The number of hydrogen-bond acceptors (Lipinski definition) is 2. The minimum Gasteiger partial charge on any atom is -0.389 e. The molecule has 0 saturated heterocycles. The molecule has 20 heavy (non-hydrogen) atoms. The number of rotatable bonds is 3. The van der Waals surface area contributed by atoms with Gasteiger partial charge in [-0.3, -0.25) is 4.79 Å². The Kier molecular flexibility index (Phi) is 3.99. The van der Waals surface area contributed by atoms with Gasteiger partial charge in [0.15, 0.2) is 0 Å². The van der Waals surface area contributed by atoms with Crippen molar-refractivity contribution in [1.29, 1.82) is 0 Å². The Morgan fingerprint density at radius 2 is 2.00 bits per heavy atom. The van der Waals surface area contributed by atoms with Crippen LogP contribution in [0.1, 0.15) is 22.4 Å². The molecule has 0 amide bonds. The van der Waals surface area contributed by atoms with E-state index >= 15 is 0 Å². The number of thiocarbonyl (C=S) groups is 1. The second-order valence-corrected chi connectivity index (χ2v) is 5.15. The fourth-order valence-corrected chi connectivity index (χ4v) is 2.22. The lowest BCUT2D eigenvalue weighted by Crippen LogP contribution is -2.30. The van der Waals surface area contributed by atoms with E-state index in [0.717, 1.165) is 16.8 Å². The molecule has 1 aromatic carbocycles. The van der Waals surface area contributed by atoms with Gasteiger partial charge in [-0.05, 0) is 49.2 Å². The van der Waals surface area contributed by atoms with Gasteiger partial charge < -0.3 is 10.3 Å². The molecule has 3 nitrogen and oxygen atoms in total. The molecule has 0 radical (unpaired) electrons. The van der Waals surface area contributed by atoms with Crippen LogP contribution < -0.4 is 11.3 Å². The van der Waals surface area contributed by atoms with Crippen molar-refractivity contribution in [2.75, 3.05) is 0 Å². The predicted molar refractivity (Wildman–Crippen MR) is 81.6 cm³/mol. The van der Waals surface area contributed by atoms with Crippen LogP contribution in [-0.4, -0.2) is 9.56 Å². The Bertz CT molecular complexity index is 737. The summed E-state index contributed by atoms with van der Waals surface area (Å²) < 4.78 is 14.7. The summed E-state index contributed by atoms with van der Waals surface area (Å²) in [4.78, 5) is 12.4. The van der Waals surface area contributed by atoms with Gasteiger partial charge in [-0.1, -0.05) is 18.3 Å². The average Bonchev–Trinajstić information content (AvgIpc) is 2.36. The van der Waals surface area contributed by atoms with Crippen molar-refractivity contribution in [2.45, 2.75) is 20.4 Å². The lowest BCUT2D eigenvalue weighted by atomic mass is 10.1. The van der Waals surface area contributed by atoms with Gasteiger partial charge in [0.1, 0.15) is 10.8 Å². The number of aromatic nitrogens is 1. The molecule has 0 aliphatic rings. The number of hydrogen-bond donors (Lipinski definition) is 1. The van der Waals surface area contributed by atoms with Crippen LogP contribution in [-0.2, 0) is 6.54 Å². The molecule has 104 valence electrons. The van der Waals surface area contributed by atoms with Crippen molar-refractivity contribution in [3.8, 4) is 0 Å². The number of pyridine rings is 1. The van der Waals surface area contributed by atoms with Crippen molar-refractivity contribution in [3.05, 3.63) is 68.9 Å². The van der Waals surface area contributed by atoms with Crippen molar-refractivity contribution in [1.82, 2.24) is 4.57 Å². The molecule has 0 aliphatic carbocycles. The summed E-state index contributed by atoms with van der Waals surface area (Å²) in [7, 11) is 0. The maximum absolute atomic E-state index is 13.1. The monoisotopic (exact) mass is 290 g/mol. The summed E-state index contributed by atoms with van der Waals surface area (Å²) in [5.41, 5.74) is 8.14. The van der Waals surface area contributed by atoms with E-state index in [1.54, 1.807) is 22.8 Å². The largest absolute Gasteiger partial charge is 0.389 e. The minimum atomic E-state index is -0.285. The smallest absolute Gasteiger partial charge is 0.261 e. The molecule has 0 aliphatic heterocycles. The molecule has 0 atom stereocenters. The second kappa shape index (κ2) is 5.54. The van der Waals surface area contributed by atoms with Gasteiger partial charge in [0.05, 0.1) is 12.1 Å². The van der Waals surface area contributed by atoms with Gasteiger partial charge in [0.25, 0.3) is 5.56 Å². The third kappa shape index (κ3) is 2.77. The second-order valence-electron chi connectivity index (χ2n) is 4.71. The number of halogens is 1. The first-order valence-corrected chi connectivity index (χ1v) is 6.56. The summed E-state index contributed by atoms with van der Waals surface area (Å²) in [5, 5.41) is 0. The number of nitrogens with two attached hydrogens (primary N) is 1.